The molecule has 0 unspecified atom stereocenters. The Kier molecular flexibility index (Phi) is 4.81. The summed E-state index contributed by atoms with van der Waals surface area (Å²) in [6, 6.07) is 14.6. The smallest absolute Gasteiger partial charge is 0.338 e. The summed E-state index contributed by atoms with van der Waals surface area (Å²) >= 11 is 0. The van der Waals surface area contributed by atoms with Gasteiger partial charge in [-0.2, -0.15) is 0 Å². The molecule has 2 bridgehead atoms. The van der Waals surface area contributed by atoms with Gasteiger partial charge in [0, 0.05) is 0 Å². The molecule has 0 spiro atoms. The van der Waals surface area contributed by atoms with Gasteiger partial charge in [0.15, 0.2) is 0 Å². The monoisotopic (exact) mass is 429 g/mol. The topological polar surface area (TPSA) is 63.7 Å². The second-order valence-electron chi connectivity index (χ2n) is 10.1. The Balaban J connectivity index is 1.24. The van der Waals surface area contributed by atoms with Crippen molar-refractivity contribution in [3.8, 4) is 0 Å². The first kappa shape index (κ1) is 20.7. The predicted octanol–water partition coefficient (Wildman–Crippen LogP) is 4.65. The molecule has 0 radical (unpaired) electrons. The highest BCUT2D eigenvalue weighted by Gasteiger charge is 2.59. The minimum absolute atomic E-state index is 0.0732. The molecular weight excluding hydrogens is 402 g/mol. The molecule has 1 saturated heterocycles. The van der Waals surface area contributed by atoms with Gasteiger partial charge in [-0.25, -0.2) is 4.79 Å². The van der Waals surface area contributed by atoms with E-state index in [1.807, 2.05) is 12.1 Å². The van der Waals surface area contributed by atoms with Crippen molar-refractivity contribution in [1.82, 2.24) is 0 Å². The van der Waals surface area contributed by atoms with E-state index in [1.54, 1.807) is 24.3 Å². The third kappa shape index (κ3) is 3.36. The lowest BCUT2D eigenvalue weighted by Crippen LogP contribution is -2.32. The van der Waals surface area contributed by atoms with Crippen molar-refractivity contribution in [3.05, 3.63) is 77.4 Å². The number of hydrogen-bond acceptors (Lipinski definition) is 4. The molecule has 2 aliphatic carbocycles. The van der Waals surface area contributed by atoms with Gasteiger partial charge in [-0.05, 0) is 59.1 Å². The first-order chi connectivity index (χ1) is 15.2. The summed E-state index contributed by atoms with van der Waals surface area (Å²) in [5.74, 6) is -0.777. The van der Waals surface area contributed by atoms with Crippen molar-refractivity contribution >= 4 is 23.5 Å². The van der Waals surface area contributed by atoms with E-state index in [-0.39, 0.29) is 47.5 Å². The molecule has 0 N–H and O–H groups in total. The third-order valence-electron chi connectivity index (χ3n) is 7.02. The zero-order valence-corrected chi connectivity index (χ0v) is 18.6. The fourth-order valence-corrected chi connectivity index (χ4v) is 5.24. The number of amides is 2. The van der Waals surface area contributed by atoms with Crippen LogP contribution in [0.25, 0.3) is 0 Å². The highest BCUT2D eigenvalue weighted by atomic mass is 16.5. The lowest BCUT2D eigenvalue weighted by Gasteiger charge is -2.19. The first-order valence-corrected chi connectivity index (χ1v) is 11.2. The maximum atomic E-state index is 12.9. The summed E-state index contributed by atoms with van der Waals surface area (Å²) in [7, 11) is 0. The lowest BCUT2D eigenvalue weighted by molar-refractivity contribution is -0.123. The number of allylic oxidation sites excluding steroid dienone is 2. The predicted molar refractivity (Wildman–Crippen MR) is 121 cm³/mol. The third-order valence-corrected chi connectivity index (χ3v) is 7.02. The molecule has 1 heterocycles. The average Bonchev–Trinajstić information content (AvgIpc) is 3.45. The quantitative estimate of drug-likeness (QED) is 0.403. The molecule has 1 saturated carbocycles. The molecule has 4 atom stereocenters. The van der Waals surface area contributed by atoms with Gasteiger partial charge in [0.2, 0.25) is 11.8 Å². The number of fused-ring (bicyclic) bond motifs is 5. The van der Waals surface area contributed by atoms with Crippen LogP contribution in [0.15, 0.2) is 60.7 Å². The van der Waals surface area contributed by atoms with Crippen LogP contribution in [0.5, 0.6) is 0 Å². The van der Waals surface area contributed by atoms with Gasteiger partial charge >= 0.3 is 5.97 Å². The lowest BCUT2D eigenvalue weighted by atomic mass is 9.85. The molecule has 2 fully saturated rings. The highest BCUT2D eigenvalue weighted by molar-refractivity contribution is 6.22. The number of anilines is 1. The Hall–Kier alpha value is -3.21. The number of ether oxygens (including phenoxy) is 1. The Bertz CT molecular complexity index is 1080. The van der Waals surface area contributed by atoms with Gasteiger partial charge in [0.25, 0.3) is 0 Å². The van der Waals surface area contributed by atoms with E-state index in [0.717, 1.165) is 12.0 Å². The summed E-state index contributed by atoms with van der Waals surface area (Å²) in [4.78, 5) is 39.6. The van der Waals surface area contributed by atoms with Crippen molar-refractivity contribution in [2.24, 2.45) is 23.7 Å². The molecule has 5 heteroatoms. The molecule has 1 aliphatic heterocycles. The Morgan fingerprint density at radius 1 is 0.906 bits per heavy atom. The fourth-order valence-electron chi connectivity index (χ4n) is 5.24. The summed E-state index contributed by atoms with van der Waals surface area (Å²) in [5.41, 5.74) is 3.13. The standard InChI is InChI=1S/C27H27NO4/c1-27(2,3)20-10-4-16(5-11-20)15-32-26(31)17-8-12-21(13-9-17)28-24(29)22-18-6-7-19(14-18)23(22)25(28)30/h4-13,18-19,22-23H,14-15H2,1-3H3/t18-,19+,22-,23-/m0/s1. The molecule has 5 nitrogen and oxygen atoms in total. The van der Waals surface area contributed by atoms with Crippen molar-refractivity contribution in [3.63, 3.8) is 0 Å². The zero-order chi connectivity index (χ0) is 22.6. The highest BCUT2D eigenvalue weighted by Crippen LogP contribution is 2.53. The fraction of sp³-hybridized carbons (Fsp3) is 0.370. The van der Waals surface area contributed by atoms with Gasteiger partial charge in [-0.1, -0.05) is 57.2 Å². The van der Waals surface area contributed by atoms with Gasteiger partial charge in [0.1, 0.15) is 6.61 Å². The minimum atomic E-state index is -0.436. The van der Waals surface area contributed by atoms with Crippen LogP contribution in [0.1, 0.15) is 48.7 Å². The van der Waals surface area contributed by atoms with Gasteiger partial charge in [0.05, 0.1) is 23.1 Å². The van der Waals surface area contributed by atoms with Crippen LogP contribution < -0.4 is 4.90 Å². The maximum absolute atomic E-state index is 12.9. The molecule has 164 valence electrons. The maximum Gasteiger partial charge on any atom is 0.338 e. The van der Waals surface area contributed by atoms with Crippen LogP contribution in [-0.4, -0.2) is 17.8 Å². The van der Waals surface area contributed by atoms with E-state index >= 15 is 0 Å². The van der Waals surface area contributed by atoms with Crippen molar-refractivity contribution in [2.45, 2.75) is 39.2 Å². The van der Waals surface area contributed by atoms with E-state index < -0.39 is 5.97 Å². The summed E-state index contributed by atoms with van der Waals surface area (Å²) < 4.78 is 5.45. The summed E-state index contributed by atoms with van der Waals surface area (Å²) in [6.07, 6.45) is 5.07. The van der Waals surface area contributed by atoms with Crippen LogP contribution >= 0.6 is 0 Å². The summed E-state index contributed by atoms with van der Waals surface area (Å²) in [6.45, 7) is 6.65. The van der Waals surface area contributed by atoms with Crippen LogP contribution in [0.3, 0.4) is 0 Å². The Morgan fingerprint density at radius 3 is 2.00 bits per heavy atom. The van der Waals surface area contributed by atoms with E-state index in [9.17, 15) is 14.4 Å². The minimum Gasteiger partial charge on any atom is -0.457 e. The van der Waals surface area contributed by atoms with Crippen molar-refractivity contribution < 1.29 is 19.1 Å². The molecule has 0 aromatic heterocycles. The molecule has 2 aromatic rings. The number of nitrogens with zero attached hydrogens (tertiary/aromatic N) is 1. The van der Waals surface area contributed by atoms with Crippen LogP contribution in [-0.2, 0) is 26.3 Å². The molecule has 32 heavy (non-hydrogen) atoms. The van der Waals surface area contributed by atoms with Crippen LogP contribution in [0, 0.1) is 23.7 Å². The number of hydrogen-bond donors (Lipinski definition) is 0. The Labute approximate surface area is 188 Å². The zero-order valence-electron chi connectivity index (χ0n) is 18.6. The Morgan fingerprint density at radius 2 is 1.47 bits per heavy atom. The van der Waals surface area contributed by atoms with Gasteiger partial charge in [-0.15, -0.1) is 0 Å². The average molecular weight is 430 g/mol. The SMILES string of the molecule is CC(C)(C)c1ccc(COC(=O)c2ccc(N3C(=O)[C@@H]4[C@@H](C3=O)[C@H]3C=C[C@@H]4C3)cc2)cc1. The normalized spacial score (nSPS) is 26.0. The second-order valence-corrected chi connectivity index (χ2v) is 10.1. The van der Waals surface area contributed by atoms with Crippen molar-refractivity contribution in [2.75, 3.05) is 4.90 Å². The van der Waals surface area contributed by atoms with Gasteiger partial charge in [-0.3, -0.25) is 14.5 Å². The van der Waals surface area contributed by atoms with E-state index in [4.69, 9.17) is 4.74 Å². The second kappa shape index (κ2) is 7.44. The number of esters is 1. The summed E-state index contributed by atoms with van der Waals surface area (Å²) in [5, 5.41) is 0. The molecule has 2 aromatic carbocycles. The van der Waals surface area contributed by atoms with Crippen LogP contribution in [0.2, 0.25) is 0 Å². The largest absolute Gasteiger partial charge is 0.457 e. The van der Waals surface area contributed by atoms with E-state index in [0.29, 0.717) is 11.3 Å². The van der Waals surface area contributed by atoms with E-state index in [1.165, 1.54) is 10.5 Å². The van der Waals surface area contributed by atoms with Gasteiger partial charge < -0.3 is 4.74 Å². The van der Waals surface area contributed by atoms with Crippen LogP contribution in [0.4, 0.5) is 5.69 Å². The number of carbonyl (C=O) groups excluding carboxylic acids is 3. The number of carbonyl (C=O) groups is 3. The number of imide groups is 1. The van der Waals surface area contributed by atoms with E-state index in [2.05, 4.69) is 45.1 Å². The number of rotatable bonds is 4. The number of benzene rings is 2. The molecule has 5 rings (SSSR count). The van der Waals surface area contributed by atoms with Crippen molar-refractivity contribution in [1.29, 1.82) is 0 Å². The molecule has 2 amide bonds. The molecule has 3 aliphatic rings. The molecular formula is C27H27NO4. The first-order valence-electron chi connectivity index (χ1n) is 11.2.